The summed E-state index contributed by atoms with van der Waals surface area (Å²) in [6, 6.07) is 8.87. The Labute approximate surface area is 160 Å². The number of nitrogens with zero attached hydrogens (tertiary/aromatic N) is 2. The molecule has 1 N–H and O–H groups in total. The molecule has 134 valence electrons. The third-order valence-electron chi connectivity index (χ3n) is 4.37. The molecule has 1 aliphatic rings. The van der Waals surface area contributed by atoms with E-state index in [1.807, 2.05) is 12.1 Å². The van der Waals surface area contributed by atoms with Gasteiger partial charge in [0.1, 0.15) is 0 Å². The van der Waals surface area contributed by atoms with E-state index in [2.05, 4.69) is 10.5 Å². The van der Waals surface area contributed by atoms with Crippen molar-refractivity contribution >= 4 is 28.8 Å². The topological polar surface area (TPSA) is 68.0 Å². The molecule has 0 aliphatic heterocycles. The zero-order valence-electron chi connectivity index (χ0n) is 14.1. The van der Waals surface area contributed by atoms with Gasteiger partial charge in [0.25, 0.3) is 5.91 Å². The van der Waals surface area contributed by atoms with Gasteiger partial charge in [0.15, 0.2) is 11.5 Å². The number of halogens is 1. The molecule has 0 saturated carbocycles. The van der Waals surface area contributed by atoms with Crippen LogP contribution >= 0.6 is 22.9 Å². The highest BCUT2D eigenvalue weighted by Gasteiger charge is 2.16. The molecule has 5 nitrogen and oxygen atoms in total. The van der Waals surface area contributed by atoms with Gasteiger partial charge in [-0.15, -0.1) is 11.3 Å². The number of aromatic nitrogens is 2. The molecule has 7 heteroatoms. The van der Waals surface area contributed by atoms with Gasteiger partial charge in [-0.2, -0.15) is 0 Å². The van der Waals surface area contributed by atoms with Gasteiger partial charge >= 0.3 is 0 Å². The first-order valence-electron chi connectivity index (χ1n) is 8.67. The highest BCUT2D eigenvalue weighted by atomic mass is 35.5. The summed E-state index contributed by atoms with van der Waals surface area (Å²) in [4.78, 5) is 18.4. The van der Waals surface area contributed by atoms with E-state index in [9.17, 15) is 4.79 Å². The number of thiazole rings is 1. The SMILES string of the molecule is O=C(NCCc1nc2c(s1)CCCC2)c1cc(-c2cccc(Cl)c2)on1. The van der Waals surface area contributed by atoms with Crippen LogP contribution in [-0.2, 0) is 19.3 Å². The van der Waals surface area contributed by atoms with E-state index in [1.54, 1.807) is 29.5 Å². The largest absolute Gasteiger partial charge is 0.355 e. The third-order valence-corrected chi connectivity index (χ3v) is 5.82. The van der Waals surface area contributed by atoms with Crippen LogP contribution in [0.3, 0.4) is 0 Å². The standard InChI is InChI=1S/C19H18ClN3O2S/c20-13-5-3-4-12(10-13)16-11-15(23-25-16)19(24)21-9-8-18-22-14-6-1-2-7-17(14)26-18/h3-5,10-11H,1-2,6-9H2,(H,21,24). The molecular weight excluding hydrogens is 370 g/mol. The first-order valence-corrected chi connectivity index (χ1v) is 9.87. The Kier molecular flexibility index (Phi) is 5.04. The van der Waals surface area contributed by atoms with Gasteiger partial charge in [-0.3, -0.25) is 4.79 Å². The number of aryl methyl sites for hydroxylation is 2. The Morgan fingerprint density at radius 1 is 1.27 bits per heavy atom. The van der Waals surface area contributed by atoms with Gasteiger partial charge in [0, 0.05) is 34.5 Å². The lowest BCUT2D eigenvalue weighted by Crippen LogP contribution is -2.25. The minimum atomic E-state index is -0.247. The summed E-state index contributed by atoms with van der Waals surface area (Å²) in [6.45, 7) is 0.532. The van der Waals surface area contributed by atoms with Gasteiger partial charge in [-0.05, 0) is 37.8 Å². The molecule has 2 aromatic heterocycles. The number of amides is 1. The van der Waals surface area contributed by atoms with Crippen molar-refractivity contribution in [2.24, 2.45) is 0 Å². The average molecular weight is 388 g/mol. The minimum Gasteiger partial charge on any atom is -0.355 e. The van der Waals surface area contributed by atoms with Crippen LogP contribution in [0.4, 0.5) is 0 Å². The molecule has 0 fully saturated rings. The van der Waals surface area contributed by atoms with Crippen molar-refractivity contribution in [3.05, 3.63) is 56.6 Å². The van der Waals surface area contributed by atoms with E-state index in [0.29, 0.717) is 17.3 Å². The van der Waals surface area contributed by atoms with Crippen molar-refractivity contribution < 1.29 is 9.32 Å². The van der Waals surface area contributed by atoms with Crippen LogP contribution in [0, 0.1) is 0 Å². The molecule has 26 heavy (non-hydrogen) atoms. The van der Waals surface area contributed by atoms with Crippen LogP contribution in [0.5, 0.6) is 0 Å². The van der Waals surface area contributed by atoms with Crippen LogP contribution < -0.4 is 5.32 Å². The predicted octanol–water partition coefficient (Wildman–Crippen LogP) is 4.30. The lowest BCUT2D eigenvalue weighted by atomic mass is 10.0. The molecular formula is C19H18ClN3O2S. The summed E-state index contributed by atoms with van der Waals surface area (Å²) in [5, 5.41) is 8.44. The molecule has 0 spiro atoms. The lowest BCUT2D eigenvalue weighted by molar-refractivity contribution is 0.0945. The number of rotatable bonds is 5. The third kappa shape index (κ3) is 3.81. The summed E-state index contributed by atoms with van der Waals surface area (Å²) in [6.07, 6.45) is 5.46. The summed E-state index contributed by atoms with van der Waals surface area (Å²) >= 11 is 7.76. The second-order valence-electron chi connectivity index (χ2n) is 6.28. The number of benzene rings is 1. The van der Waals surface area contributed by atoms with E-state index in [1.165, 1.54) is 23.4 Å². The van der Waals surface area contributed by atoms with Gasteiger partial charge < -0.3 is 9.84 Å². The highest BCUT2D eigenvalue weighted by Crippen LogP contribution is 2.27. The van der Waals surface area contributed by atoms with Crippen LogP contribution in [0.1, 0.15) is 38.9 Å². The second kappa shape index (κ2) is 7.60. The molecule has 1 amide bonds. The van der Waals surface area contributed by atoms with Gasteiger partial charge in [0.05, 0.1) is 10.7 Å². The van der Waals surface area contributed by atoms with Crippen LogP contribution in [0.25, 0.3) is 11.3 Å². The normalized spacial score (nSPS) is 13.4. The van der Waals surface area contributed by atoms with Crippen LogP contribution in [0.2, 0.25) is 5.02 Å². The molecule has 0 atom stereocenters. The lowest BCUT2D eigenvalue weighted by Gasteiger charge is -2.06. The molecule has 0 radical (unpaired) electrons. The fourth-order valence-electron chi connectivity index (χ4n) is 3.05. The Balaban J connectivity index is 1.34. The van der Waals surface area contributed by atoms with E-state index >= 15 is 0 Å². The van der Waals surface area contributed by atoms with Gasteiger partial charge in [-0.1, -0.05) is 28.9 Å². The zero-order chi connectivity index (χ0) is 17.9. The van der Waals surface area contributed by atoms with Crippen LogP contribution in [0.15, 0.2) is 34.9 Å². The maximum Gasteiger partial charge on any atom is 0.273 e. The Hall–Kier alpha value is -2.18. The number of carbonyl (C=O) groups is 1. The van der Waals surface area contributed by atoms with Crippen molar-refractivity contribution in [2.45, 2.75) is 32.1 Å². The van der Waals surface area contributed by atoms with E-state index < -0.39 is 0 Å². The van der Waals surface area contributed by atoms with Crippen LogP contribution in [-0.4, -0.2) is 22.6 Å². The first kappa shape index (κ1) is 17.2. The quantitative estimate of drug-likeness (QED) is 0.708. The monoisotopic (exact) mass is 387 g/mol. The Bertz CT molecular complexity index is 911. The van der Waals surface area contributed by atoms with Crippen molar-refractivity contribution in [2.75, 3.05) is 6.54 Å². The van der Waals surface area contributed by atoms with Crippen molar-refractivity contribution in [1.29, 1.82) is 0 Å². The number of hydrogen-bond acceptors (Lipinski definition) is 5. The molecule has 1 aliphatic carbocycles. The molecule has 3 aromatic rings. The van der Waals surface area contributed by atoms with Crippen molar-refractivity contribution in [3.8, 4) is 11.3 Å². The smallest absolute Gasteiger partial charge is 0.273 e. The second-order valence-corrected chi connectivity index (χ2v) is 7.88. The Morgan fingerprint density at radius 2 is 2.15 bits per heavy atom. The van der Waals surface area contributed by atoms with E-state index in [0.717, 1.165) is 29.8 Å². The molecule has 4 rings (SSSR count). The molecule has 0 unspecified atom stereocenters. The zero-order valence-corrected chi connectivity index (χ0v) is 15.7. The summed E-state index contributed by atoms with van der Waals surface area (Å²) in [5.41, 5.74) is 2.31. The van der Waals surface area contributed by atoms with Crippen molar-refractivity contribution in [3.63, 3.8) is 0 Å². The maximum atomic E-state index is 12.3. The molecule has 0 bridgehead atoms. The molecule has 2 heterocycles. The number of carbonyl (C=O) groups excluding carboxylic acids is 1. The van der Waals surface area contributed by atoms with E-state index in [4.69, 9.17) is 21.1 Å². The summed E-state index contributed by atoms with van der Waals surface area (Å²) in [5.74, 6) is 0.272. The number of hydrogen-bond donors (Lipinski definition) is 1. The molecule has 1 aromatic carbocycles. The fourth-order valence-corrected chi connectivity index (χ4v) is 4.39. The number of nitrogens with one attached hydrogen (secondary N) is 1. The van der Waals surface area contributed by atoms with Crippen molar-refractivity contribution in [1.82, 2.24) is 15.5 Å². The summed E-state index contributed by atoms with van der Waals surface area (Å²) in [7, 11) is 0. The average Bonchev–Trinajstić information content (AvgIpc) is 3.28. The van der Waals surface area contributed by atoms with Gasteiger partial charge in [-0.25, -0.2) is 4.98 Å². The fraction of sp³-hybridized carbons (Fsp3) is 0.316. The Morgan fingerprint density at radius 3 is 3.00 bits per heavy atom. The maximum absolute atomic E-state index is 12.3. The molecule has 0 saturated heterocycles. The summed E-state index contributed by atoms with van der Waals surface area (Å²) < 4.78 is 5.27. The predicted molar refractivity (Wildman–Crippen MR) is 102 cm³/mol. The van der Waals surface area contributed by atoms with E-state index in [-0.39, 0.29) is 11.6 Å². The first-order chi connectivity index (χ1) is 12.7. The highest BCUT2D eigenvalue weighted by molar-refractivity contribution is 7.11. The van der Waals surface area contributed by atoms with Gasteiger partial charge in [0.2, 0.25) is 0 Å². The minimum absolute atomic E-state index is 0.247. The number of fused-ring (bicyclic) bond motifs is 1.